The Kier molecular flexibility index (Phi) is 10.7. The Morgan fingerprint density at radius 3 is 2.18 bits per heavy atom. The van der Waals surface area contributed by atoms with E-state index >= 15 is 0 Å². The summed E-state index contributed by atoms with van der Waals surface area (Å²) in [6, 6.07) is 31.9. The van der Waals surface area contributed by atoms with Gasteiger partial charge in [0.2, 0.25) is 0 Å². The number of benzene rings is 4. The third-order valence-electron chi connectivity index (χ3n) is 7.18. The minimum atomic E-state index is -1.13. The first kappa shape index (κ1) is 31.9. The molecule has 8 nitrogen and oxygen atoms in total. The minimum absolute atomic E-state index is 0.136. The molecule has 5 rings (SSSR count). The second-order valence-corrected chi connectivity index (χ2v) is 12.1. The van der Waals surface area contributed by atoms with Gasteiger partial charge in [-0.2, -0.15) is 0 Å². The summed E-state index contributed by atoms with van der Waals surface area (Å²) in [4.78, 5) is 42.9. The minimum Gasteiger partial charge on any atom is -0.489 e. The zero-order chi connectivity index (χ0) is 31.8. The van der Waals surface area contributed by atoms with Gasteiger partial charge >= 0.3 is 12.1 Å². The maximum Gasteiger partial charge on any atom is 0.409 e. The highest BCUT2D eigenvalue weighted by Crippen LogP contribution is 2.47. The first-order valence-electron chi connectivity index (χ1n) is 14.4. The van der Waals surface area contributed by atoms with Crippen LogP contribution in [-0.4, -0.2) is 49.1 Å². The summed E-state index contributed by atoms with van der Waals surface area (Å²) >= 11 is 7.80. The highest BCUT2D eigenvalue weighted by molar-refractivity contribution is 7.99. The summed E-state index contributed by atoms with van der Waals surface area (Å²) in [7, 11) is 1.61. The smallest absolute Gasteiger partial charge is 0.409 e. The summed E-state index contributed by atoms with van der Waals surface area (Å²) < 4.78 is 17.1. The molecule has 1 heterocycles. The zero-order valence-corrected chi connectivity index (χ0v) is 26.5. The first-order chi connectivity index (χ1) is 21.8. The molecule has 2 amide bonds. The van der Waals surface area contributed by atoms with Crippen LogP contribution in [0.15, 0.2) is 108 Å². The van der Waals surface area contributed by atoms with Crippen LogP contribution < -0.4 is 9.64 Å². The molecule has 4 aromatic rings. The fourth-order valence-electron chi connectivity index (χ4n) is 4.84. The molecule has 0 spiro atoms. The number of carbonyl (C=O) groups is 3. The normalized spacial score (nSPS) is 15.9. The average molecular weight is 645 g/mol. The van der Waals surface area contributed by atoms with Crippen LogP contribution in [0.5, 0.6) is 5.75 Å². The summed E-state index contributed by atoms with van der Waals surface area (Å²) in [5.41, 5.74) is 3.31. The van der Waals surface area contributed by atoms with Crippen molar-refractivity contribution in [2.24, 2.45) is 0 Å². The number of halogens is 1. The molecule has 0 aromatic heterocycles. The van der Waals surface area contributed by atoms with E-state index in [0.29, 0.717) is 23.1 Å². The van der Waals surface area contributed by atoms with Crippen LogP contribution in [-0.2, 0) is 32.3 Å². The molecule has 1 aliphatic rings. The Balaban J connectivity index is 1.35. The van der Waals surface area contributed by atoms with Crippen molar-refractivity contribution in [3.63, 3.8) is 0 Å². The molecular formula is C35H33ClN2O6S. The summed E-state index contributed by atoms with van der Waals surface area (Å²) in [5.74, 6) is -0.310. The molecule has 0 fully saturated rings. The molecule has 0 saturated heterocycles. The van der Waals surface area contributed by atoms with Gasteiger partial charge in [-0.15, -0.1) is 11.8 Å². The van der Waals surface area contributed by atoms with Crippen molar-refractivity contribution in [2.45, 2.75) is 36.4 Å². The van der Waals surface area contributed by atoms with E-state index in [0.717, 1.165) is 21.6 Å². The SMILES string of the molecule is CC(=O)O[C@H]1C(=O)N(CCN(C)C(=O)OCc2ccccc2)c2ccc(Cl)cc2S[C@H]1c1ccc(OCc2ccccc2)cc1. The maximum atomic E-state index is 14.2. The molecular weight excluding hydrogens is 612 g/mol. The monoisotopic (exact) mass is 644 g/mol. The molecule has 0 radical (unpaired) electrons. The number of carbonyl (C=O) groups excluding carboxylic acids is 3. The Morgan fingerprint density at radius 1 is 0.889 bits per heavy atom. The molecule has 0 unspecified atom stereocenters. The zero-order valence-electron chi connectivity index (χ0n) is 24.9. The van der Waals surface area contributed by atoms with Gasteiger partial charge in [-0.1, -0.05) is 84.4 Å². The van der Waals surface area contributed by atoms with Crippen molar-refractivity contribution < 1.29 is 28.6 Å². The standard InChI is InChI=1S/C35H33ClN2O6S/c1-24(39)44-32-33(27-13-16-29(17-14-27)42-22-25-9-5-3-6-10-25)45-31-21-28(36)15-18-30(31)38(34(32)40)20-19-37(2)35(41)43-23-26-11-7-4-8-12-26/h3-18,21,32-33H,19-20,22-23H2,1-2H3/t32-,33+/m1/s1. The molecule has 0 aliphatic carbocycles. The summed E-state index contributed by atoms with van der Waals surface area (Å²) in [6.45, 7) is 2.16. The van der Waals surface area contributed by atoms with E-state index in [-0.39, 0.29) is 19.7 Å². The Labute approximate surface area is 271 Å². The van der Waals surface area contributed by atoms with Crippen LogP contribution in [0.1, 0.15) is 28.9 Å². The highest BCUT2D eigenvalue weighted by atomic mass is 35.5. The molecule has 1 aliphatic heterocycles. The van der Waals surface area contributed by atoms with Gasteiger partial charge in [-0.05, 0) is 47.0 Å². The van der Waals surface area contributed by atoms with E-state index in [1.54, 1.807) is 30.1 Å². The van der Waals surface area contributed by atoms with Gasteiger partial charge < -0.3 is 24.0 Å². The van der Waals surface area contributed by atoms with Crippen molar-refractivity contribution in [1.82, 2.24) is 4.90 Å². The van der Waals surface area contributed by atoms with Gasteiger partial charge in [0.15, 0.2) is 6.10 Å². The fraction of sp³-hybridized carbons (Fsp3) is 0.229. The molecule has 0 N–H and O–H groups in total. The van der Waals surface area contributed by atoms with Crippen LogP contribution in [0.4, 0.5) is 10.5 Å². The van der Waals surface area contributed by atoms with Gasteiger partial charge in [-0.3, -0.25) is 9.59 Å². The number of likely N-dealkylation sites (N-methyl/N-ethyl adjacent to an activating group) is 1. The molecule has 4 aromatic carbocycles. The first-order valence-corrected chi connectivity index (χ1v) is 15.7. The van der Waals surface area contributed by atoms with Crippen LogP contribution in [0, 0.1) is 0 Å². The van der Waals surface area contributed by atoms with Crippen LogP contribution >= 0.6 is 23.4 Å². The number of hydrogen-bond donors (Lipinski definition) is 0. The van der Waals surface area contributed by atoms with Crippen molar-refractivity contribution in [3.05, 3.63) is 125 Å². The molecule has 232 valence electrons. The number of thioether (sulfide) groups is 1. The molecule has 10 heteroatoms. The lowest BCUT2D eigenvalue weighted by molar-refractivity contribution is -0.152. The lowest BCUT2D eigenvalue weighted by atomic mass is 10.1. The van der Waals surface area contributed by atoms with Gasteiger partial charge in [-0.25, -0.2) is 4.79 Å². The van der Waals surface area contributed by atoms with E-state index in [4.69, 9.17) is 25.8 Å². The van der Waals surface area contributed by atoms with Crippen LogP contribution in [0.2, 0.25) is 5.02 Å². The number of fused-ring (bicyclic) bond motifs is 1. The summed E-state index contributed by atoms with van der Waals surface area (Å²) in [6.07, 6.45) is -1.65. The van der Waals surface area contributed by atoms with E-state index in [9.17, 15) is 14.4 Å². The van der Waals surface area contributed by atoms with E-state index in [2.05, 4.69) is 0 Å². The van der Waals surface area contributed by atoms with Crippen molar-refractivity contribution in [3.8, 4) is 5.75 Å². The largest absolute Gasteiger partial charge is 0.489 e. The molecule has 0 bridgehead atoms. The van der Waals surface area contributed by atoms with Crippen molar-refractivity contribution in [2.75, 3.05) is 25.0 Å². The Hall–Kier alpha value is -4.47. The topological polar surface area (TPSA) is 85.4 Å². The number of nitrogens with zero attached hydrogens (tertiary/aromatic N) is 2. The molecule has 45 heavy (non-hydrogen) atoms. The number of amides is 2. The number of esters is 1. The number of anilines is 1. The third-order valence-corrected chi connectivity index (χ3v) is 8.77. The van der Waals surface area contributed by atoms with E-state index in [1.165, 1.54) is 23.6 Å². The van der Waals surface area contributed by atoms with Gasteiger partial charge in [0.05, 0.1) is 10.9 Å². The number of rotatable bonds is 10. The quantitative estimate of drug-likeness (QED) is 0.168. The third kappa shape index (κ3) is 8.38. The molecule has 2 atom stereocenters. The highest BCUT2D eigenvalue weighted by Gasteiger charge is 2.41. The maximum absolute atomic E-state index is 14.2. The molecule has 0 saturated carbocycles. The Bertz CT molecular complexity index is 1620. The Morgan fingerprint density at radius 2 is 1.53 bits per heavy atom. The van der Waals surface area contributed by atoms with Crippen LogP contribution in [0.3, 0.4) is 0 Å². The van der Waals surface area contributed by atoms with E-state index < -0.39 is 29.3 Å². The summed E-state index contributed by atoms with van der Waals surface area (Å²) in [5, 5.41) is -0.0649. The van der Waals surface area contributed by atoms with Gasteiger partial charge in [0.1, 0.15) is 19.0 Å². The number of ether oxygens (including phenoxy) is 3. The lowest BCUT2D eigenvalue weighted by Crippen LogP contribution is -2.46. The average Bonchev–Trinajstić information content (AvgIpc) is 3.16. The number of hydrogen-bond acceptors (Lipinski definition) is 7. The van der Waals surface area contributed by atoms with Crippen LogP contribution in [0.25, 0.3) is 0 Å². The fourth-order valence-corrected chi connectivity index (χ4v) is 6.43. The lowest BCUT2D eigenvalue weighted by Gasteiger charge is -2.29. The van der Waals surface area contributed by atoms with Gasteiger partial charge in [0.25, 0.3) is 5.91 Å². The van der Waals surface area contributed by atoms with E-state index in [1.807, 2.05) is 84.9 Å². The van der Waals surface area contributed by atoms with Gasteiger partial charge in [0, 0.05) is 37.0 Å². The predicted molar refractivity (Wildman–Crippen MR) is 174 cm³/mol. The second kappa shape index (κ2) is 15.0. The van der Waals surface area contributed by atoms with Crippen molar-refractivity contribution >= 4 is 47.0 Å². The predicted octanol–water partition coefficient (Wildman–Crippen LogP) is 7.30. The second-order valence-electron chi connectivity index (χ2n) is 10.5. The van der Waals surface area contributed by atoms with Crippen molar-refractivity contribution in [1.29, 1.82) is 0 Å².